The number of hydrogen-bond donors (Lipinski definition) is 0. The summed E-state index contributed by atoms with van der Waals surface area (Å²) in [5, 5.41) is 0. The summed E-state index contributed by atoms with van der Waals surface area (Å²) in [4.78, 5) is 2.55. The van der Waals surface area contributed by atoms with Gasteiger partial charge in [-0.3, -0.25) is 0 Å². The lowest BCUT2D eigenvalue weighted by molar-refractivity contribution is 0.148. The molecule has 2 heterocycles. The molecule has 0 aromatic carbocycles. The SMILES string of the molecule is C=C/C=C\C(=C/C)CCN1CCC2(CC1)CO2.CC. The standard InChI is InChI=1S/C15H23NO.C2H6/c1-3-5-6-14(4-2)7-10-16-11-8-15(9-12-16)13-17-15;1-2/h3-6H,1,7-13H2,2H3;1-2H3/b6-5-,14-4+;. The number of rotatable bonds is 5. The molecule has 2 rings (SSSR count). The second-order valence-corrected chi connectivity index (χ2v) is 5.02. The van der Waals surface area contributed by atoms with E-state index in [0.717, 1.165) is 19.6 Å². The largest absolute Gasteiger partial charge is 0.369 e. The molecule has 0 aromatic heterocycles. The summed E-state index contributed by atoms with van der Waals surface area (Å²) in [5.74, 6) is 0. The molecule has 0 atom stereocenters. The van der Waals surface area contributed by atoms with Crippen molar-refractivity contribution >= 4 is 0 Å². The van der Waals surface area contributed by atoms with Gasteiger partial charge >= 0.3 is 0 Å². The molecule has 0 N–H and O–H groups in total. The summed E-state index contributed by atoms with van der Waals surface area (Å²) in [7, 11) is 0. The fourth-order valence-corrected chi connectivity index (χ4v) is 2.38. The zero-order chi connectivity index (χ0) is 14.1. The van der Waals surface area contributed by atoms with Crippen LogP contribution in [-0.2, 0) is 4.74 Å². The lowest BCUT2D eigenvalue weighted by atomic mass is 9.97. The number of nitrogens with zero attached hydrogens (tertiary/aromatic N) is 1. The minimum Gasteiger partial charge on any atom is -0.369 e. The Morgan fingerprint density at radius 1 is 1.32 bits per heavy atom. The maximum absolute atomic E-state index is 5.52. The maximum Gasteiger partial charge on any atom is 0.0940 e. The zero-order valence-corrected chi connectivity index (χ0v) is 12.8. The molecule has 19 heavy (non-hydrogen) atoms. The molecule has 2 nitrogen and oxygen atoms in total. The van der Waals surface area contributed by atoms with E-state index in [-0.39, 0.29) is 0 Å². The minimum absolute atomic E-state index is 0.308. The van der Waals surface area contributed by atoms with E-state index in [0.29, 0.717) is 5.60 Å². The fourth-order valence-electron chi connectivity index (χ4n) is 2.38. The first-order valence-corrected chi connectivity index (χ1v) is 7.59. The molecule has 0 bridgehead atoms. The Labute approximate surface area is 118 Å². The highest BCUT2D eigenvalue weighted by Crippen LogP contribution is 2.37. The normalized spacial score (nSPS) is 22.2. The lowest BCUT2D eigenvalue weighted by Crippen LogP contribution is -2.38. The van der Waals surface area contributed by atoms with Gasteiger partial charge in [-0.15, -0.1) is 0 Å². The predicted molar refractivity (Wildman–Crippen MR) is 83.4 cm³/mol. The highest BCUT2D eigenvalue weighted by molar-refractivity contribution is 5.21. The first kappa shape index (κ1) is 16.2. The van der Waals surface area contributed by atoms with Gasteiger partial charge in [0.2, 0.25) is 0 Å². The van der Waals surface area contributed by atoms with Gasteiger partial charge in [-0.1, -0.05) is 50.3 Å². The van der Waals surface area contributed by atoms with Crippen LogP contribution in [0.3, 0.4) is 0 Å². The van der Waals surface area contributed by atoms with Gasteiger partial charge in [0.05, 0.1) is 12.2 Å². The third-order valence-corrected chi connectivity index (χ3v) is 3.85. The molecule has 2 aliphatic heterocycles. The second kappa shape index (κ2) is 8.34. The van der Waals surface area contributed by atoms with Gasteiger partial charge in [-0.2, -0.15) is 0 Å². The van der Waals surface area contributed by atoms with Crippen molar-refractivity contribution in [1.29, 1.82) is 0 Å². The van der Waals surface area contributed by atoms with Gasteiger partial charge in [-0.25, -0.2) is 0 Å². The highest BCUT2D eigenvalue weighted by Gasteiger charge is 2.46. The van der Waals surface area contributed by atoms with E-state index in [1.54, 1.807) is 0 Å². The van der Waals surface area contributed by atoms with Crippen molar-refractivity contribution in [3.05, 3.63) is 36.5 Å². The fraction of sp³-hybridized carbons (Fsp3) is 0.647. The third-order valence-electron chi connectivity index (χ3n) is 3.85. The van der Waals surface area contributed by atoms with Crippen LogP contribution in [0.25, 0.3) is 0 Å². The second-order valence-electron chi connectivity index (χ2n) is 5.02. The van der Waals surface area contributed by atoms with E-state index in [9.17, 15) is 0 Å². The molecular formula is C17H29NO. The van der Waals surface area contributed by atoms with Crippen LogP contribution in [0.4, 0.5) is 0 Å². The summed E-state index contributed by atoms with van der Waals surface area (Å²) >= 11 is 0. The Bertz CT molecular complexity index is 316. The molecule has 2 fully saturated rings. The highest BCUT2D eigenvalue weighted by atomic mass is 16.6. The first-order valence-electron chi connectivity index (χ1n) is 7.59. The van der Waals surface area contributed by atoms with Crippen molar-refractivity contribution < 1.29 is 4.74 Å². The van der Waals surface area contributed by atoms with E-state index in [2.05, 4.69) is 30.6 Å². The minimum atomic E-state index is 0.308. The monoisotopic (exact) mass is 263 g/mol. The van der Waals surface area contributed by atoms with Crippen molar-refractivity contribution in [3.63, 3.8) is 0 Å². The van der Waals surface area contributed by atoms with Gasteiger partial charge in [0.15, 0.2) is 0 Å². The maximum atomic E-state index is 5.52. The van der Waals surface area contributed by atoms with Crippen LogP contribution in [0.1, 0.15) is 40.0 Å². The first-order chi connectivity index (χ1) is 9.28. The van der Waals surface area contributed by atoms with Crippen molar-refractivity contribution in [2.75, 3.05) is 26.2 Å². The third kappa shape index (κ3) is 5.33. The molecule has 108 valence electrons. The van der Waals surface area contributed by atoms with Crippen molar-refractivity contribution in [1.82, 2.24) is 4.90 Å². The molecule has 0 unspecified atom stereocenters. The van der Waals surface area contributed by atoms with Crippen molar-refractivity contribution in [2.45, 2.75) is 45.6 Å². The van der Waals surface area contributed by atoms with Crippen molar-refractivity contribution in [3.8, 4) is 0 Å². The average molecular weight is 263 g/mol. The van der Waals surface area contributed by atoms with E-state index in [1.807, 2.05) is 26.0 Å². The molecule has 0 amide bonds. The van der Waals surface area contributed by atoms with Gasteiger partial charge in [0, 0.05) is 19.6 Å². The number of allylic oxidation sites excluding steroid dienone is 4. The van der Waals surface area contributed by atoms with Crippen LogP contribution in [0.15, 0.2) is 36.5 Å². The van der Waals surface area contributed by atoms with Crippen LogP contribution >= 0.6 is 0 Å². The number of likely N-dealkylation sites (tertiary alicyclic amines) is 1. The smallest absolute Gasteiger partial charge is 0.0940 e. The van der Waals surface area contributed by atoms with Gasteiger partial charge in [-0.05, 0) is 26.2 Å². The van der Waals surface area contributed by atoms with E-state index in [4.69, 9.17) is 4.74 Å². The number of piperidine rings is 1. The van der Waals surface area contributed by atoms with Gasteiger partial charge in [0.25, 0.3) is 0 Å². The summed E-state index contributed by atoms with van der Waals surface area (Å²) < 4.78 is 5.52. The molecule has 0 saturated carbocycles. The van der Waals surface area contributed by atoms with Crippen LogP contribution in [-0.4, -0.2) is 36.7 Å². The predicted octanol–water partition coefficient (Wildman–Crippen LogP) is 3.96. The zero-order valence-electron chi connectivity index (χ0n) is 12.8. The van der Waals surface area contributed by atoms with Crippen LogP contribution in [0.2, 0.25) is 0 Å². The summed E-state index contributed by atoms with van der Waals surface area (Å²) in [5.41, 5.74) is 1.70. The van der Waals surface area contributed by atoms with Crippen molar-refractivity contribution in [2.24, 2.45) is 0 Å². The molecule has 0 radical (unpaired) electrons. The molecule has 0 aromatic rings. The molecular weight excluding hydrogens is 234 g/mol. The number of hydrogen-bond acceptors (Lipinski definition) is 2. The molecule has 1 spiro atoms. The molecule has 2 aliphatic rings. The Morgan fingerprint density at radius 2 is 1.95 bits per heavy atom. The van der Waals surface area contributed by atoms with E-state index in [1.165, 1.54) is 31.5 Å². The Hall–Kier alpha value is -0.860. The van der Waals surface area contributed by atoms with Crippen LogP contribution < -0.4 is 0 Å². The topological polar surface area (TPSA) is 15.8 Å². The van der Waals surface area contributed by atoms with E-state index < -0.39 is 0 Å². The summed E-state index contributed by atoms with van der Waals surface area (Å²) in [6.45, 7) is 14.4. The van der Waals surface area contributed by atoms with E-state index >= 15 is 0 Å². The quantitative estimate of drug-likeness (QED) is 0.551. The Kier molecular flexibility index (Phi) is 7.11. The summed E-state index contributed by atoms with van der Waals surface area (Å²) in [6, 6.07) is 0. The van der Waals surface area contributed by atoms with Crippen LogP contribution in [0.5, 0.6) is 0 Å². The van der Waals surface area contributed by atoms with Gasteiger partial charge in [0.1, 0.15) is 0 Å². The molecule has 2 heteroatoms. The molecule has 2 saturated heterocycles. The van der Waals surface area contributed by atoms with Gasteiger partial charge < -0.3 is 9.64 Å². The number of ether oxygens (including phenoxy) is 1. The van der Waals surface area contributed by atoms with Crippen LogP contribution in [0, 0.1) is 0 Å². The summed E-state index contributed by atoms with van der Waals surface area (Å²) in [6.07, 6.45) is 11.8. The average Bonchev–Trinajstić information content (AvgIpc) is 3.23. The number of epoxide rings is 1. The molecule has 0 aliphatic carbocycles. The Balaban J connectivity index is 0.000000861. The Morgan fingerprint density at radius 3 is 2.42 bits per heavy atom. The lowest BCUT2D eigenvalue weighted by Gasteiger charge is -2.30.